The molecule has 10 atom stereocenters. The third-order valence-corrected chi connectivity index (χ3v) is 9.90. The van der Waals surface area contributed by atoms with Gasteiger partial charge in [0.05, 0.1) is 18.3 Å². The number of hydrogen-bond acceptors (Lipinski definition) is 4. The number of rotatable bonds is 4. The average molecular weight is 395 g/mol. The molecule has 4 fully saturated rings. The Morgan fingerprint density at radius 2 is 1.75 bits per heavy atom. The predicted molar refractivity (Wildman–Crippen MR) is 105 cm³/mol. The van der Waals surface area contributed by atoms with Crippen molar-refractivity contribution in [3.8, 4) is 0 Å². The summed E-state index contributed by atoms with van der Waals surface area (Å²) in [6, 6.07) is 0. The van der Waals surface area contributed by atoms with E-state index in [0.717, 1.165) is 51.4 Å². The van der Waals surface area contributed by atoms with Crippen molar-refractivity contribution in [1.82, 2.24) is 0 Å². The number of carboxylic acid groups (broad SMARTS) is 1. The van der Waals surface area contributed by atoms with Gasteiger partial charge in [0, 0.05) is 6.42 Å². The van der Waals surface area contributed by atoms with Crippen molar-refractivity contribution in [3.63, 3.8) is 0 Å². The molecule has 0 aromatic carbocycles. The molecule has 0 saturated heterocycles. The van der Waals surface area contributed by atoms with Crippen LogP contribution in [-0.4, -0.2) is 44.7 Å². The molecule has 0 bridgehead atoms. The fourth-order valence-corrected chi connectivity index (χ4v) is 8.26. The molecule has 0 aromatic rings. The van der Waals surface area contributed by atoms with Crippen molar-refractivity contribution in [1.29, 1.82) is 0 Å². The van der Waals surface area contributed by atoms with E-state index in [9.17, 15) is 20.1 Å². The van der Waals surface area contributed by atoms with Gasteiger partial charge in [-0.15, -0.1) is 0 Å². The highest BCUT2D eigenvalue weighted by atomic mass is 16.4. The van der Waals surface area contributed by atoms with Gasteiger partial charge in [-0.25, -0.2) is 0 Å². The largest absolute Gasteiger partial charge is 0.481 e. The van der Waals surface area contributed by atoms with Crippen LogP contribution in [0.1, 0.15) is 78.1 Å². The van der Waals surface area contributed by atoms with Crippen LogP contribution in [0.3, 0.4) is 0 Å². The molecule has 4 N–H and O–H groups in total. The fourth-order valence-electron chi connectivity index (χ4n) is 8.26. The van der Waals surface area contributed by atoms with Crippen molar-refractivity contribution in [2.75, 3.05) is 0 Å². The first kappa shape index (κ1) is 20.6. The summed E-state index contributed by atoms with van der Waals surface area (Å²) in [5.74, 6) is 0.810. The van der Waals surface area contributed by atoms with E-state index in [2.05, 4.69) is 13.8 Å². The zero-order valence-corrected chi connectivity index (χ0v) is 17.4. The molecule has 0 radical (unpaired) electrons. The Balaban J connectivity index is 1.58. The highest BCUT2D eigenvalue weighted by molar-refractivity contribution is 5.66. The van der Waals surface area contributed by atoms with E-state index in [1.54, 1.807) is 0 Å². The van der Waals surface area contributed by atoms with Gasteiger partial charge < -0.3 is 20.4 Å². The number of aliphatic carboxylic acids is 1. The molecule has 0 amide bonds. The van der Waals surface area contributed by atoms with Crippen LogP contribution >= 0.6 is 0 Å². The number of fused-ring (bicyclic) bond motifs is 5. The second-order valence-corrected chi connectivity index (χ2v) is 10.9. The minimum absolute atomic E-state index is 0.104. The molecule has 3 unspecified atom stereocenters. The molecule has 0 heterocycles. The second-order valence-electron chi connectivity index (χ2n) is 10.9. The second kappa shape index (κ2) is 7.24. The van der Waals surface area contributed by atoms with E-state index < -0.39 is 5.97 Å². The minimum Gasteiger partial charge on any atom is -0.481 e. The molecule has 4 aliphatic carbocycles. The summed E-state index contributed by atoms with van der Waals surface area (Å²) in [6.45, 7) is 4.56. The number of aliphatic hydroxyl groups is 3. The molecule has 5 nitrogen and oxygen atoms in total. The Bertz CT molecular complexity index is 608. The molecule has 4 saturated carbocycles. The molecule has 5 heteroatoms. The minimum atomic E-state index is -0.745. The first-order valence-corrected chi connectivity index (χ1v) is 11.4. The first-order valence-electron chi connectivity index (χ1n) is 11.4. The lowest BCUT2D eigenvalue weighted by Gasteiger charge is -2.63. The lowest BCUT2D eigenvalue weighted by Crippen LogP contribution is -2.62. The van der Waals surface area contributed by atoms with Crippen molar-refractivity contribution >= 4 is 5.97 Å². The number of carboxylic acids is 1. The van der Waals surface area contributed by atoms with Crippen molar-refractivity contribution in [2.24, 2.45) is 40.4 Å². The molecule has 0 aliphatic heterocycles. The summed E-state index contributed by atoms with van der Waals surface area (Å²) >= 11 is 0. The van der Waals surface area contributed by atoms with Gasteiger partial charge in [-0.3, -0.25) is 4.79 Å². The monoisotopic (exact) mass is 394 g/mol. The molecule has 0 aromatic heterocycles. The van der Waals surface area contributed by atoms with E-state index in [1.165, 1.54) is 0 Å². The summed E-state index contributed by atoms with van der Waals surface area (Å²) in [5, 5.41) is 41.7. The van der Waals surface area contributed by atoms with Gasteiger partial charge in [0.25, 0.3) is 0 Å². The van der Waals surface area contributed by atoms with Crippen molar-refractivity contribution < 1.29 is 25.2 Å². The quantitative estimate of drug-likeness (QED) is 0.587. The molecular formula is C23H38O5. The van der Waals surface area contributed by atoms with Gasteiger partial charge in [0.15, 0.2) is 0 Å². The standard InChI is InChI=1S/C23H38O5/c1-22-9-8-15(24)10-14(22)11-18(25)21-16-7-6-13(4-3-5-20(27)28)23(16,2)19(26)12-17(21)22/h13-19,21,24-26H,3-12H2,1-2H3,(H,27,28)/t13?,14?,15-,16+,17+,18-,19+,21?,22+,23-/m1/s1. The highest BCUT2D eigenvalue weighted by Gasteiger charge is 2.65. The predicted octanol–water partition coefficient (Wildman–Crippen LogP) is 3.20. The van der Waals surface area contributed by atoms with Gasteiger partial charge in [-0.2, -0.15) is 0 Å². The summed E-state index contributed by atoms with van der Waals surface area (Å²) in [6.07, 6.45) is 6.95. The van der Waals surface area contributed by atoms with Crippen LogP contribution in [0.4, 0.5) is 0 Å². The Kier molecular flexibility index (Phi) is 5.33. The van der Waals surface area contributed by atoms with Gasteiger partial charge >= 0.3 is 5.97 Å². The zero-order valence-electron chi connectivity index (χ0n) is 17.4. The SMILES string of the molecule is C[C@@]12C(CCCC(=O)O)CC[C@H]1C1[C@H](O)CC3C[C@H](O)CC[C@]3(C)[C@H]1C[C@@H]2O. The number of hydrogen-bond donors (Lipinski definition) is 4. The Morgan fingerprint density at radius 3 is 2.46 bits per heavy atom. The normalized spacial score (nSPS) is 53.2. The van der Waals surface area contributed by atoms with E-state index >= 15 is 0 Å². The lowest BCUT2D eigenvalue weighted by atomic mass is 9.43. The molecule has 0 spiro atoms. The van der Waals surface area contributed by atoms with Crippen LogP contribution in [0.15, 0.2) is 0 Å². The summed E-state index contributed by atoms with van der Waals surface area (Å²) < 4.78 is 0. The van der Waals surface area contributed by atoms with E-state index in [1.807, 2.05) is 0 Å². The maximum absolute atomic E-state index is 11.4. The van der Waals surface area contributed by atoms with Crippen LogP contribution in [0.2, 0.25) is 0 Å². The number of aliphatic hydroxyl groups excluding tert-OH is 3. The first-order chi connectivity index (χ1) is 13.2. The van der Waals surface area contributed by atoms with Crippen LogP contribution in [0.5, 0.6) is 0 Å². The average Bonchev–Trinajstić information content (AvgIpc) is 2.95. The molecular weight excluding hydrogens is 356 g/mol. The van der Waals surface area contributed by atoms with Crippen LogP contribution in [0.25, 0.3) is 0 Å². The highest BCUT2D eigenvalue weighted by Crippen LogP contribution is 2.67. The molecule has 4 rings (SSSR count). The Labute approximate surface area is 168 Å². The van der Waals surface area contributed by atoms with Crippen LogP contribution < -0.4 is 0 Å². The van der Waals surface area contributed by atoms with Crippen LogP contribution in [-0.2, 0) is 4.79 Å². The molecule has 4 aliphatic rings. The van der Waals surface area contributed by atoms with Gasteiger partial charge in [0.1, 0.15) is 0 Å². The van der Waals surface area contributed by atoms with Gasteiger partial charge in [-0.05, 0) is 98.2 Å². The van der Waals surface area contributed by atoms with Gasteiger partial charge in [0.2, 0.25) is 0 Å². The zero-order chi connectivity index (χ0) is 20.3. The summed E-state index contributed by atoms with van der Waals surface area (Å²) in [4.78, 5) is 10.9. The Hall–Kier alpha value is -0.650. The van der Waals surface area contributed by atoms with Crippen LogP contribution in [0, 0.1) is 40.4 Å². The summed E-state index contributed by atoms with van der Waals surface area (Å²) in [7, 11) is 0. The van der Waals surface area contributed by atoms with E-state index in [0.29, 0.717) is 30.1 Å². The topological polar surface area (TPSA) is 98.0 Å². The number of carbonyl (C=O) groups is 1. The van der Waals surface area contributed by atoms with Crippen molar-refractivity contribution in [3.05, 3.63) is 0 Å². The third kappa shape index (κ3) is 3.04. The van der Waals surface area contributed by atoms with Crippen molar-refractivity contribution in [2.45, 2.75) is 96.4 Å². The third-order valence-electron chi connectivity index (χ3n) is 9.90. The fraction of sp³-hybridized carbons (Fsp3) is 0.957. The Morgan fingerprint density at radius 1 is 1.00 bits per heavy atom. The maximum Gasteiger partial charge on any atom is 0.303 e. The smallest absolute Gasteiger partial charge is 0.303 e. The maximum atomic E-state index is 11.4. The lowest BCUT2D eigenvalue weighted by molar-refractivity contribution is -0.204. The molecule has 28 heavy (non-hydrogen) atoms. The molecule has 160 valence electrons. The van der Waals surface area contributed by atoms with E-state index in [-0.39, 0.29) is 41.5 Å². The van der Waals surface area contributed by atoms with E-state index in [4.69, 9.17) is 5.11 Å². The van der Waals surface area contributed by atoms with Gasteiger partial charge in [-0.1, -0.05) is 13.8 Å². The summed E-state index contributed by atoms with van der Waals surface area (Å²) in [5.41, 5.74) is -0.106.